The topological polar surface area (TPSA) is 55.6 Å². The van der Waals surface area contributed by atoms with Crippen LogP contribution in [0.5, 0.6) is 5.75 Å². The number of halogens is 1. The van der Waals surface area contributed by atoms with Crippen LogP contribution >= 0.6 is 0 Å². The number of benzene rings is 2. The third-order valence-electron chi connectivity index (χ3n) is 4.23. The fraction of sp³-hybridized carbons (Fsp3) is 0.0476. The van der Waals surface area contributed by atoms with Gasteiger partial charge < -0.3 is 10.1 Å². The SMILES string of the molecule is COc1ccc(-c2nc3ccccn3c2NC(=O)c2ccc(F)cc2)cc1. The zero-order chi connectivity index (χ0) is 18.8. The lowest BCUT2D eigenvalue weighted by atomic mass is 10.1. The first-order valence-electron chi connectivity index (χ1n) is 8.34. The number of pyridine rings is 1. The Morgan fingerprint density at radius 2 is 1.78 bits per heavy atom. The number of hydrogen-bond acceptors (Lipinski definition) is 3. The van der Waals surface area contributed by atoms with Gasteiger partial charge in [0.25, 0.3) is 5.91 Å². The zero-order valence-corrected chi connectivity index (χ0v) is 14.5. The van der Waals surface area contributed by atoms with Gasteiger partial charge in [-0.05, 0) is 60.7 Å². The van der Waals surface area contributed by atoms with E-state index in [-0.39, 0.29) is 11.7 Å². The molecule has 1 N–H and O–H groups in total. The Labute approximate surface area is 155 Å². The molecule has 0 aliphatic rings. The van der Waals surface area contributed by atoms with Crippen molar-refractivity contribution in [1.29, 1.82) is 0 Å². The van der Waals surface area contributed by atoms with E-state index >= 15 is 0 Å². The van der Waals surface area contributed by atoms with Crippen molar-refractivity contribution < 1.29 is 13.9 Å². The summed E-state index contributed by atoms with van der Waals surface area (Å²) < 4.78 is 20.1. The number of rotatable bonds is 4. The Morgan fingerprint density at radius 1 is 1.04 bits per heavy atom. The predicted octanol–water partition coefficient (Wildman–Crippen LogP) is 4.40. The predicted molar refractivity (Wildman–Crippen MR) is 102 cm³/mol. The maximum absolute atomic E-state index is 13.1. The summed E-state index contributed by atoms with van der Waals surface area (Å²) in [6.07, 6.45) is 1.83. The summed E-state index contributed by atoms with van der Waals surface area (Å²) >= 11 is 0. The molecule has 0 bridgehead atoms. The number of methoxy groups -OCH3 is 1. The molecule has 0 fully saturated rings. The van der Waals surface area contributed by atoms with Crippen molar-refractivity contribution in [1.82, 2.24) is 9.38 Å². The molecule has 1 amide bonds. The van der Waals surface area contributed by atoms with Crippen molar-refractivity contribution in [3.63, 3.8) is 0 Å². The molecular formula is C21H16FN3O2. The van der Waals surface area contributed by atoms with Gasteiger partial charge in [0.1, 0.15) is 28.7 Å². The molecule has 0 unspecified atom stereocenters. The smallest absolute Gasteiger partial charge is 0.256 e. The van der Waals surface area contributed by atoms with E-state index in [4.69, 9.17) is 4.74 Å². The van der Waals surface area contributed by atoms with Gasteiger partial charge in [0.05, 0.1) is 7.11 Å². The highest BCUT2D eigenvalue weighted by Crippen LogP contribution is 2.30. The Morgan fingerprint density at radius 3 is 2.48 bits per heavy atom. The van der Waals surface area contributed by atoms with Gasteiger partial charge in [0.15, 0.2) is 0 Å². The number of anilines is 1. The number of carbonyl (C=O) groups excluding carboxylic acids is 1. The number of nitrogens with zero attached hydrogens (tertiary/aromatic N) is 2. The largest absolute Gasteiger partial charge is 0.497 e. The molecule has 0 saturated carbocycles. The molecule has 134 valence electrons. The van der Waals surface area contributed by atoms with Crippen molar-refractivity contribution >= 4 is 17.4 Å². The molecule has 0 aliphatic heterocycles. The van der Waals surface area contributed by atoms with E-state index in [1.54, 1.807) is 11.5 Å². The number of carbonyl (C=O) groups is 1. The number of hydrogen-bond donors (Lipinski definition) is 1. The number of amides is 1. The minimum Gasteiger partial charge on any atom is -0.497 e. The average Bonchev–Trinajstić information content (AvgIpc) is 3.07. The van der Waals surface area contributed by atoms with Gasteiger partial charge in [-0.15, -0.1) is 0 Å². The fourth-order valence-electron chi connectivity index (χ4n) is 2.85. The fourth-order valence-corrected chi connectivity index (χ4v) is 2.85. The standard InChI is InChI=1S/C21H16FN3O2/c1-27-17-11-7-14(8-12-17)19-20(25-13-3-2-4-18(25)23-19)24-21(26)15-5-9-16(22)10-6-15/h2-13H,1H3,(H,24,26). The number of aromatic nitrogens is 2. The summed E-state index contributed by atoms with van der Waals surface area (Å²) in [5.41, 5.74) is 2.55. The van der Waals surface area contributed by atoms with Crippen LogP contribution in [0.2, 0.25) is 0 Å². The van der Waals surface area contributed by atoms with Crippen LogP contribution in [0.1, 0.15) is 10.4 Å². The molecule has 5 nitrogen and oxygen atoms in total. The third kappa shape index (κ3) is 3.25. The number of imidazole rings is 1. The maximum atomic E-state index is 13.1. The van der Waals surface area contributed by atoms with Crippen molar-refractivity contribution in [2.24, 2.45) is 0 Å². The van der Waals surface area contributed by atoms with E-state index in [1.165, 1.54) is 24.3 Å². The lowest BCUT2D eigenvalue weighted by Gasteiger charge is -2.08. The first-order chi connectivity index (χ1) is 13.2. The monoisotopic (exact) mass is 361 g/mol. The normalized spacial score (nSPS) is 10.7. The van der Waals surface area contributed by atoms with E-state index < -0.39 is 0 Å². The quantitative estimate of drug-likeness (QED) is 0.586. The van der Waals surface area contributed by atoms with Gasteiger partial charge in [0.2, 0.25) is 0 Å². The van der Waals surface area contributed by atoms with E-state index in [1.807, 2.05) is 48.7 Å². The van der Waals surface area contributed by atoms with Gasteiger partial charge in [-0.3, -0.25) is 9.20 Å². The Hall–Kier alpha value is -3.67. The van der Waals surface area contributed by atoms with Crippen molar-refractivity contribution in [2.45, 2.75) is 0 Å². The van der Waals surface area contributed by atoms with E-state index in [0.29, 0.717) is 22.7 Å². The van der Waals surface area contributed by atoms with Crippen molar-refractivity contribution in [3.05, 3.63) is 84.3 Å². The molecule has 2 heterocycles. The molecule has 0 radical (unpaired) electrons. The van der Waals surface area contributed by atoms with E-state index in [2.05, 4.69) is 10.3 Å². The lowest BCUT2D eigenvalue weighted by Crippen LogP contribution is -2.14. The second-order valence-corrected chi connectivity index (χ2v) is 5.93. The summed E-state index contributed by atoms with van der Waals surface area (Å²) in [4.78, 5) is 17.3. The van der Waals surface area contributed by atoms with Gasteiger partial charge >= 0.3 is 0 Å². The molecule has 0 atom stereocenters. The number of fused-ring (bicyclic) bond motifs is 1. The minimum absolute atomic E-state index is 0.338. The molecule has 2 aromatic carbocycles. The molecule has 2 aromatic heterocycles. The molecule has 27 heavy (non-hydrogen) atoms. The second kappa shape index (κ2) is 6.92. The summed E-state index contributed by atoms with van der Waals surface area (Å²) in [7, 11) is 1.61. The average molecular weight is 361 g/mol. The van der Waals surface area contributed by atoms with Gasteiger partial charge in [-0.1, -0.05) is 6.07 Å². The molecule has 0 saturated heterocycles. The van der Waals surface area contributed by atoms with Crippen LogP contribution in [0, 0.1) is 5.82 Å². The van der Waals surface area contributed by atoms with Gasteiger partial charge in [0, 0.05) is 17.3 Å². The van der Waals surface area contributed by atoms with Crippen LogP contribution in [-0.2, 0) is 0 Å². The minimum atomic E-state index is -0.389. The maximum Gasteiger partial charge on any atom is 0.256 e. The summed E-state index contributed by atoms with van der Waals surface area (Å²) in [5.74, 6) is 0.556. The highest BCUT2D eigenvalue weighted by atomic mass is 19.1. The van der Waals surface area contributed by atoms with Crippen LogP contribution in [0.25, 0.3) is 16.9 Å². The van der Waals surface area contributed by atoms with Crippen LogP contribution in [-0.4, -0.2) is 22.4 Å². The zero-order valence-electron chi connectivity index (χ0n) is 14.5. The van der Waals surface area contributed by atoms with Crippen molar-refractivity contribution in [2.75, 3.05) is 12.4 Å². The van der Waals surface area contributed by atoms with E-state index in [0.717, 1.165) is 11.3 Å². The van der Waals surface area contributed by atoms with Crippen LogP contribution in [0.15, 0.2) is 72.9 Å². The Kier molecular flexibility index (Phi) is 4.30. The molecule has 4 aromatic rings. The molecular weight excluding hydrogens is 345 g/mol. The van der Waals surface area contributed by atoms with Crippen LogP contribution in [0.4, 0.5) is 10.2 Å². The van der Waals surface area contributed by atoms with Crippen LogP contribution < -0.4 is 10.1 Å². The Balaban J connectivity index is 1.78. The second-order valence-electron chi connectivity index (χ2n) is 5.93. The third-order valence-corrected chi connectivity index (χ3v) is 4.23. The first-order valence-corrected chi connectivity index (χ1v) is 8.34. The molecule has 0 aliphatic carbocycles. The highest BCUT2D eigenvalue weighted by molar-refractivity contribution is 6.05. The summed E-state index contributed by atoms with van der Waals surface area (Å²) in [6, 6.07) is 18.5. The Bertz CT molecular complexity index is 1100. The van der Waals surface area contributed by atoms with Crippen LogP contribution in [0.3, 0.4) is 0 Å². The molecule has 0 spiro atoms. The number of nitrogens with one attached hydrogen (secondary N) is 1. The summed E-state index contributed by atoms with van der Waals surface area (Å²) in [5, 5.41) is 2.90. The van der Waals surface area contributed by atoms with Gasteiger partial charge in [-0.2, -0.15) is 0 Å². The summed E-state index contributed by atoms with van der Waals surface area (Å²) in [6.45, 7) is 0. The van der Waals surface area contributed by atoms with E-state index in [9.17, 15) is 9.18 Å². The lowest BCUT2D eigenvalue weighted by molar-refractivity contribution is 0.102. The van der Waals surface area contributed by atoms with Crippen molar-refractivity contribution in [3.8, 4) is 17.0 Å². The first kappa shape index (κ1) is 16.8. The van der Waals surface area contributed by atoms with Gasteiger partial charge in [-0.25, -0.2) is 9.37 Å². The molecule has 6 heteroatoms. The number of ether oxygens (including phenoxy) is 1. The highest BCUT2D eigenvalue weighted by Gasteiger charge is 2.17. The molecule has 4 rings (SSSR count).